The fourth-order valence-electron chi connectivity index (χ4n) is 2.33. The fraction of sp³-hybridized carbons (Fsp3) is 0. The zero-order valence-corrected chi connectivity index (χ0v) is 12.7. The third kappa shape index (κ3) is 2.70. The average Bonchev–Trinajstić information content (AvgIpc) is 2.56. The number of nitrogens with one attached hydrogen (secondary N) is 1. The SMILES string of the molecule is O=[N+]([O-])c1cc([N+](=O)[O-])c2cccnc2c1Nc1ccccc1Cl. The van der Waals surface area contributed by atoms with E-state index in [0.29, 0.717) is 10.7 Å². The second-order valence-corrected chi connectivity index (χ2v) is 5.22. The monoisotopic (exact) mass is 344 g/mol. The van der Waals surface area contributed by atoms with Gasteiger partial charge in [0.1, 0.15) is 11.2 Å². The highest BCUT2D eigenvalue weighted by Gasteiger charge is 2.26. The molecule has 1 aromatic heterocycles. The van der Waals surface area contributed by atoms with Gasteiger partial charge in [0, 0.05) is 6.20 Å². The van der Waals surface area contributed by atoms with Gasteiger partial charge in [0.15, 0.2) is 0 Å². The predicted molar refractivity (Wildman–Crippen MR) is 89.8 cm³/mol. The van der Waals surface area contributed by atoms with Crippen LogP contribution < -0.4 is 5.32 Å². The number of rotatable bonds is 4. The molecule has 0 saturated heterocycles. The third-order valence-electron chi connectivity index (χ3n) is 3.38. The number of nitro benzene ring substituents is 2. The Hall–Kier alpha value is -3.26. The van der Waals surface area contributed by atoms with Gasteiger partial charge in [-0.1, -0.05) is 23.7 Å². The van der Waals surface area contributed by atoms with Crippen molar-refractivity contribution < 1.29 is 9.85 Å². The molecule has 0 bridgehead atoms. The number of fused-ring (bicyclic) bond motifs is 1. The number of hydrogen-bond donors (Lipinski definition) is 1. The number of halogens is 1. The third-order valence-corrected chi connectivity index (χ3v) is 3.71. The van der Waals surface area contributed by atoms with Gasteiger partial charge < -0.3 is 5.32 Å². The molecule has 3 rings (SSSR count). The first kappa shape index (κ1) is 15.6. The lowest BCUT2D eigenvalue weighted by Gasteiger charge is -2.11. The van der Waals surface area contributed by atoms with E-state index in [9.17, 15) is 20.2 Å². The molecular formula is C15H9ClN4O4. The highest BCUT2D eigenvalue weighted by atomic mass is 35.5. The molecular weight excluding hydrogens is 336 g/mol. The average molecular weight is 345 g/mol. The van der Waals surface area contributed by atoms with Gasteiger partial charge >= 0.3 is 5.69 Å². The van der Waals surface area contributed by atoms with E-state index in [2.05, 4.69) is 10.3 Å². The van der Waals surface area contributed by atoms with Crippen molar-refractivity contribution in [3.05, 3.63) is 73.9 Å². The number of non-ortho nitro benzene ring substituents is 1. The van der Waals surface area contributed by atoms with Crippen LogP contribution in [0.4, 0.5) is 22.7 Å². The quantitative estimate of drug-likeness (QED) is 0.552. The van der Waals surface area contributed by atoms with Crippen molar-refractivity contribution in [2.75, 3.05) is 5.32 Å². The Bertz CT molecular complexity index is 977. The molecule has 8 nitrogen and oxygen atoms in total. The van der Waals surface area contributed by atoms with Gasteiger partial charge in [-0.05, 0) is 24.3 Å². The van der Waals surface area contributed by atoms with E-state index < -0.39 is 15.5 Å². The van der Waals surface area contributed by atoms with Crippen LogP contribution in [0.2, 0.25) is 5.02 Å². The molecule has 0 aliphatic rings. The largest absolute Gasteiger partial charge is 0.347 e. The smallest absolute Gasteiger partial charge is 0.301 e. The van der Waals surface area contributed by atoms with Crippen LogP contribution in [0.5, 0.6) is 0 Å². The lowest BCUT2D eigenvalue weighted by Crippen LogP contribution is -2.02. The maximum atomic E-state index is 11.4. The summed E-state index contributed by atoms with van der Waals surface area (Å²) in [7, 11) is 0. The van der Waals surface area contributed by atoms with Crippen molar-refractivity contribution in [3.8, 4) is 0 Å². The van der Waals surface area contributed by atoms with E-state index >= 15 is 0 Å². The van der Waals surface area contributed by atoms with E-state index in [0.717, 1.165) is 6.07 Å². The Morgan fingerprint density at radius 3 is 2.38 bits per heavy atom. The molecule has 2 aromatic carbocycles. The number of pyridine rings is 1. The first-order valence-corrected chi connectivity index (χ1v) is 7.09. The van der Waals surface area contributed by atoms with Crippen LogP contribution in [0.15, 0.2) is 48.7 Å². The molecule has 24 heavy (non-hydrogen) atoms. The van der Waals surface area contributed by atoms with Gasteiger partial charge in [-0.2, -0.15) is 0 Å². The Morgan fingerprint density at radius 2 is 1.71 bits per heavy atom. The molecule has 1 N–H and O–H groups in total. The summed E-state index contributed by atoms with van der Waals surface area (Å²) >= 11 is 6.08. The Morgan fingerprint density at radius 1 is 1.00 bits per heavy atom. The van der Waals surface area contributed by atoms with Crippen LogP contribution >= 0.6 is 11.6 Å². The topological polar surface area (TPSA) is 111 Å². The summed E-state index contributed by atoms with van der Waals surface area (Å²) in [6.45, 7) is 0. The predicted octanol–water partition coefficient (Wildman–Crippen LogP) is 4.45. The van der Waals surface area contributed by atoms with Gasteiger partial charge in [0.25, 0.3) is 5.69 Å². The number of anilines is 2. The fourth-order valence-corrected chi connectivity index (χ4v) is 2.51. The first-order valence-electron chi connectivity index (χ1n) is 6.71. The number of hydrogen-bond acceptors (Lipinski definition) is 6. The van der Waals surface area contributed by atoms with E-state index in [1.165, 1.54) is 18.3 Å². The first-order chi connectivity index (χ1) is 11.5. The summed E-state index contributed by atoms with van der Waals surface area (Å²) in [4.78, 5) is 25.3. The number of nitro groups is 2. The van der Waals surface area contributed by atoms with Gasteiger partial charge in [0.2, 0.25) is 0 Å². The minimum absolute atomic E-state index is 0.0503. The molecule has 9 heteroatoms. The van der Waals surface area contributed by atoms with E-state index in [4.69, 9.17) is 11.6 Å². The molecule has 0 amide bonds. The van der Waals surface area contributed by atoms with Crippen LogP contribution in [0.1, 0.15) is 0 Å². The number of aromatic nitrogens is 1. The molecule has 120 valence electrons. The summed E-state index contributed by atoms with van der Waals surface area (Å²) in [5.74, 6) is 0. The maximum Gasteiger partial charge on any atom is 0.301 e. The number of para-hydroxylation sites is 1. The van der Waals surface area contributed by atoms with Gasteiger partial charge in [-0.15, -0.1) is 0 Å². The lowest BCUT2D eigenvalue weighted by molar-refractivity contribution is -0.392. The normalized spacial score (nSPS) is 10.5. The van der Waals surface area contributed by atoms with Crippen molar-refractivity contribution in [1.29, 1.82) is 0 Å². The molecule has 0 fully saturated rings. The minimum atomic E-state index is -0.694. The second kappa shape index (κ2) is 6.09. The number of nitrogens with zero attached hydrogens (tertiary/aromatic N) is 3. The standard InChI is InChI=1S/C15H9ClN4O4/c16-10-5-1-2-6-11(10)18-15-13(20(23)24)8-12(19(21)22)9-4-3-7-17-14(9)15/h1-8,18H. The highest BCUT2D eigenvalue weighted by Crippen LogP contribution is 2.40. The van der Waals surface area contributed by atoms with Gasteiger partial charge in [-0.25, -0.2) is 0 Å². The molecule has 3 aromatic rings. The summed E-state index contributed by atoms with van der Waals surface area (Å²) in [6, 6.07) is 10.6. The zero-order chi connectivity index (χ0) is 17.3. The summed E-state index contributed by atoms with van der Waals surface area (Å²) in [5.41, 5.74) is -0.224. The summed E-state index contributed by atoms with van der Waals surface area (Å²) in [6.07, 6.45) is 1.41. The summed E-state index contributed by atoms with van der Waals surface area (Å²) < 4.78 is 0. The lowest BCUT2D eigenvalue weighted by atomic mass is 10.1. The Balaban J connectivity index is 2.31. The molecule has 0 unspecified atom stereocenters. The zero-order valence-electron chi connectivity index (χ0n) is 12.0. The molecule has 0 spiro atoms. The van der Waals surface area contributed by atoms with Gasteiger partial charge in [0.05, 0.1) is 32.0 Å². The van der Waals surface area contributed by atoms with Gasteiger partial charge in [-0.3, -0.25) is 25.2 Å². The van der Waals surface area contributed by atoms with Crippen molar-refractivity contribution >= 4 is 45.3 Å². The van der Waals surface area contributed by atoms with Crippen molar-refractivity contribution in [2.24, 2.45) is 0 Å². The van der Waals surface area contributed by atoms with E-state index in [1.807, 2.05) is 0 Å². The molecule has 0 atom stereocenters. The van der Waals surface area contributed by atoms with Crippen molar-refractivity contribution in [3.63, 3.8) is 0 Å². The molecule has 0 radical (unpaired) electrons. The number of benzene rings is 2. The molecule has 1 heterocycles. The maximum absolute atomic E-state index is 11.4. The van der Waals surface area contributed by atoms with Crippen LogP contribution in [0.25, 0.3) is 10.9 Å². The van der Waals surface area contributed by atoms with E-state index in [1.54, 1.807) is 24.3 Å². The second-order valence-electron chi connectivity index (χ2n) is 4.81. The highest BCUT2D eigenvalue weighted by molar-refractivity contribution is 6.33. The molecule has 0 aliphatic heterocycles. The summed E-state index contributed by atoms with van der Waals surface area (Å²) in [5, 5.41) is 26.0. The Labute approximate surface area is 140 Å². The van der Waals surface area contributed by atoms with Crippen LogP contribution in [-0.2, 0) is 0 Å². The van der Waals surface area contributed by atoms with E-state index in [-0.39, 0.29) is 22.3 Å². The van der Waals surface area contributed by atoms with Crippen LogP contribution in [-0.4, -0.2) is 14.8 Å². The van der Waals surface area contributed by atoms with Crippen molar-refractivity contribution in [1.82, 2.24) is 4.98 Å². The molecule has 0 aliphatic carbocycles. The Kier molecular flexibility index (Phi) is 3.97. The molecule has 0 saturated carbocycles. The minimum Gasteiger partial charge on any atom is -0.347 e. The van der Waals surface area contributed by atoms with Crippen LogP contribution in [0.3, 0.4) is 0 Å². The van der Waals surface area contributed by atoms with Crippen LogP contribution in [0, 0.1) is 20.2 Å². The van der Waals surface area contributed by atoms with Crippen molar-refractivity contribution in [2.45, 2.75) is 0 Å².